The molecule has 2 aromatic carbocycles. The van der Waals surface area contributed by atoms with Gasteiger partial charge in [-0.3, -0.25) is 14.9 Å². The van der Waals surface area contributed by atoms with Crippen LogP contribution in [-0.4, -0.2) is 16.9 Å². The quantitative estimate of drug-likeness (QED) is 0.559. The summed E-state index contributed by atoms with van der Waals surface area (Å²) < 4.78 is 0. The van der Waals surface area contributed by atoms with Gasteiger partial charge in [0.1, 0.15) is 5.00 Å². The van der Waals surface area contributed by atoms with Crippen molar-refractivity contribution < 1.29 is 9.59 Å². The molecule has 0 unspecified atom stereocenters. The summed E-state index contributed by atoms with van der Waals surface area (Å²) in [5.74, 6) is -0.857. The Morgan fingerprint density at radius 3 is 2.25 bits per heavy atom. The van der Waals surface area contributed by atoms with Crippen LogP contribution in [0.25, 0.3) is 0 Å². The van der Waals surface area contributed by atoms with Crippen molar-refractivity contribution in [1.82, 2.24) is 5.32 Å². The van der Waals surface area contributed by atoms with Crippen molar-refractivity contribution in [2.45, 2.75) is 13.3 Å². The highest BCUT2D eigenvalue weighted by atomic mass is 32.1. The topological polar surface area (TPSA) is 84.2 Å². The van der Waals surface area contributed by atoms with Gasteiger partial charge >= 0.3 is 0 Å². The molecule has 28 heavy (non-hydrogen) atoms. The molecule has 0 aliphatic rings. The van der Waals surface area contributed by atoms with E-state index in [4.69, 9.17) is 18.0 Å². The summed E-state index contributed by atoms with van der Waals surface area (Å²) in [5.41, 5.74) is 8.43. The van der Waals surface area contributed by atoms with Crippen LogP contribution in [-0.2, 0) is 6.42 Å². The van der Waals surface area contributed by atoms with Crippen LogP contribution >= 0.6 is 23.6 Å². The molecule has 7 heteroatoms. The van der Waals surface area contributed by atoms with Gasteiger partial charge in [0.2, 0.25) is 0 Å². The van der Waals surface area contributed by atoms with Crippen molar-refractivity contribution >= 4 is 45.5 Å². The summed E-state index contributed by atoms with van der Waals surface area (Å²) in [4.78, 5) is 25.3. The summed E-state index contributed by atoms with van der Waals surface area (Å²) in [6.45, 7) is 1.87. The lowest BCUT2D eigenvalue weighted by atomic mass is 10.1. The van der Waals surface area contributed by atoms with E-state index in [0.717, 1.165) is 16.0 Å². The number of thiocarbonyl (C=S) groups is 1. The predicted octanol–water partition coefficient (Wildman–Crippen LogP) is 3.87. The number of primary amides is 1. The van der Waals surface area contributed by atoms with Crippen LogP contribution in [0.15, 0.2) is 60.7 Å². The first kappa shape index (κ1) is 19.7. The largest absolute Gasteiger partial charge is 0.365 e. The van der Waals surface area contributed by atoms with Gasteiger partial charge in [0.15, 0.2) is 5.11 Å². The molecule has 0 atom stereocenters. The van der Waals surface area contributed by atoms with E-state index in [-0.39, 0.29) is 11.0 Å². The van der Waals surface area contributed by atoms with Gasteiger partial charge in [-0.15, -0.1) is 11.3 Å². The zero-order valence-corrected chi connectivity index (χ0v) is 16.8. The minimum atomic E-state index is -0.534. The monoisotopic (exact) mass is 409 g/mol. The highest BCUT2D eigenvalue weighted by Gasteiger charge is 2.20. The maximum Gasteiger partial charge on any atom is 0.257 e. The third kappa shape index (κ3) is 4.62. The summed E-state index contributed by atoms with van der Waals surface area (Å²) in [7, 11) is 0. The molecule has 1 aromatic heterocycles. The fourth-order valence-electron chi connectivity index (χ4n) is 2.79. The van der Waals surface area contributed by atoms with Crippen molar-refractivity contribution in [3.05, 3.63) is 87.8 Å². The van der Waals surface area contributed by atoms with Crippen LogP contribution in [0.2, 0.25) is 0 Å². The van der Waals surface area contributed by atoms with Crippen molar-refractivity contribution in [3.63, 3.8) is 0 Å². The lowest BCUT2D eigenvalue weighted by Gasteiger charge is -2.09. The molecule has 0 aliphatic heterocycles. The fourth-order valence-corrected chi connectivity index (χ4v) is 4.30. The molecule has 2 amide bonds. The zero-order valence-electron chi connectivity index (χ0n) is 15.2. The van der Waals surface area contributed by atoms with E-state index in [2.05, 4.69) is 10.6 Å². The van der Waals surface area contributed by atoms with E-state index in [9.17, 15) is 9.59 Å². The minimum Gasteiger partial charge on any atom is -0.365 e. The number of hydrogen-bond acceptors (Lipinski definition) is 4. The smallest absolute Gasteiger partial charge is 0.257 e. The molecule has 0 saturated heterocycles. The number of thiophene rings is 1. The molecule has 0 spiro atoms. The first-order valence-electron chi connectivity index (χ1n) is 8.59. The van der Waals surface area contributed by atoms with E-state index in [1.807, 2.05) is 43.3 Å². The molecule has 0 saturated carbocycles. The number of carbonyl (C=O) groups excluding carboxylic acids is 2. The van der Waals surface area contributed by atoms with Crippen LogP contribution in [0.4, 0.5) is 5.00 Å². The van der Waals surface area contributed by atoms with E-state index < -0.39 is 5.91 Å². The maximum atomic E-state index is 12.3. The number of rotatable bonds is 5. The van der Waals surface area contributed by atoms with E-state index in [1.165, 1.54) is 11.3 Å². The number of amides is 2. The molecule has 0 radical (unpaired) electrons. The van der Waals surface area contributed by atoms with E-state index in [1.54, 1.807) is 24.3 Å². The van der Waals surface area contributed by atoms with E-state index in [0.29, 0.717) is 22.5 Å². The van der Waals surface area contributed by atoms with Gasteiger partial charge in [0.05, 0.1) is 5.56 Å². The number of benzene rings is 2. The van der Waals surface area contributed by atoms with Crippen LogP contribution in [0.3, 0.4) is 0 Å². The molecule has 3 rings (SSSR count). The van der Waals surface area contributed by atoms with Gasteiger partial charge in [-0.05, 0) is 42.4 Å². The first-order valence-corrected chi connectivity index (χ1v) is 9.81. The van der Waals surface area contributed by atoms with Gasteiger partial charge in [-0.25, -0.2) is 0 Å². The molecule has 0 bridgehead atoms. The van der Waals surface area contributed by atoms with Gasteiger partial charge in [-0.2, -0.15) is 0 Å². The predicted molar refractivity (Wildman–Crippen MR) is 117 cm³/mol. The second-order valence-electron chi connectivity index (χ2n) is 6.16. The lowest BCUT2D eigenvalue weighted by Crippen LogP contribution is -2.34. The Morgan fingerprint density at radius 1 is 1.04 bits per heavy atom. The summed E-state index contributed by atoms with van der Waals surface area (Å²) in [6, 6.07) is 18.7. The number of hydrogen-bond donors (Lipinski definition) is 3. The third-order valence-corrected chi connectivity index (χ3v) is 5.60. The molecule has 5 nitrogen and oxygen atoms in total. The van der Waals surface area contributed by atoms with Gasteiger partial charge in [0.25, 0.3) is 11.8 Å². The second kappa shape index (κ2) is 8.77. The molecule has 4 N–H and O–H groups in total. The molecule has 0 fully saturated rings. The summed E-state index contributed by atoms with van der Waals surface area (Å²) in [6.07, 6.45) is 0.683. The van der Waals surface area contributed by atoms with E-state index >= 15 is 0 Å². The maximum absolute atomic E-state index is 12.3. The standard InChI is InChI=1S/C21H19N3O2S2/c1-13-16(12-14-8-4-2-5-9-14)28-20(17(13)18(22)25)24-21(27)23-19(26)15-10-6-3-7-11-15/h2-11H,12H2,1H3,(H2,22,25)(H2,23,24,26,27). The molecule has 3 aromatic rings. The van der Waals surface area contributed by atoms with Crippen LogP contribution in [0.5, 0.6) is 0 Å². The van der Waals surface area contributed by atoms with Crippen LogP contribution in [0.1, 0.15) is 36.7 Å². The molecule has 0 aliphatic carbocycles. The van der Waals surface area contributed by atoms with Crippen molar-refractivity contribution in [2.75, 3.05) is 5.32 Å². The molecular formula is C21H19N3O2S2. The average Bonchev–Trinajstić information content (AvgIpc) is 2.98. The molecule has 142 valence electrons. The average molecular weight is 410 g/mol. The van der Waals surface area contributed by atoms with Crippen molar-refractivity contribution in [3.8, 4) is 0 Å². The number of anilines is 1. The minimum absolute atomic E-state index is 0.115. The van der Waals surface area contributed by atoms with Gasteiger partial charge < -0.3 is 11.1 Å². The Bertz CT molecular complexity index is 1010. The highest BCUT2D eigenvalue weighted by Crippen LogP contribution is 2.34. The van der Waals surface area contributed by atoms with Crippen LogP contribution in [0, 0.1) is 6.92 Å². The number of nitrogens with two attached hydrogens (primary N) is 1. The van der Waals surface area contributed by atoms with Crippen molar-refractivity contribution in [1.29, 1.82) is 0 Å². The lowest BCUT2D eigenvalue weighted by molar-refractivity contribution is 0.0975. The normalized spacial score (nSPS) is 10.3. The Hall–Kier alpha value is -3.03. The Kier molecular flexibility index (Phi) is 6.18. The molecule has 1 heterocycles. The van der Waals surface area contributed by atoms with Gasteiger partial charge in [0, 0.05) is 16.9 Å². The third-order valence-electron chi connectivity index (χ3n) is 4.19. The van der Waals surface area contributed by atoms with Gasteiger partial charge in [-0.1, -0.05) is 48.5 Å². The Labute approximate surface area is 172 Å². The highest BCUT2D eigenvalue weighted by molar-refractivity contribution is 7.80. The Morgan fingerprint density at radius 2 is 1.64 bits per heavy atom. The summed E-state index contributed by atoms with van der Waals surface area (Å²) in [5, 5.41) is 6.23. The Balaban J connectivity index is 1.79. The number of nitrogens with one attached hydrogen (secondary N) is 2. The zero-order chi connectivity index (χ0) is 20.1. The van der Waals surface area contributed by atoms with Crippen molar-refractivity contribution in [2.24, 2.45) is 5.73 Å². The fraction of sp³-hybridized carbons (Fsp3) is 0.0952. The SMILES string of the molecule is Cc1c(Cc2ccccc2)sc(NC(=S)NC(=O)c2ccccc2)c1C(N)=O. The second-order valence-corrected chi connectivity index (χ2v) is 7.67. The van der Waals surface area contributed by atoms with Crippen LogP contribution < -0.4 is 16.4 Å². The molecular weight excluding hydrogens is 390 g/mol. The number of carbonyl (C=O) groups is 2. The first-order chi connectivity index (χ1) is 13.5. The summed E-state index contributed by atoms with van der Waals surface area (Å²) >= 11 is 6.66.